The fourth-order valence-electron chi connectivity index (χ4n) is 2.36. The van der Waals surface area contributed by atoms with Gasteiger partial charge in [-0.25, -0.2) is 4.52 Å². The summed E-state index contributed by atoms with van der Waals surface area (Å²) in [5.41, 5.74) is 7.59. The van der Waals surface area contributed by atoms with Crippen LogP contribution in [0.1, 0.15) is 49.9 Å². The normalized spacial score (nSPS) is 12.5. The summed E-state index contributed by atoms with van der Waals surface area (Å²) in [5.74, 6) is -0.450. The Morgan fingerprint density at radius 1 is 1.50 bits per heavy atom. The second kappa shape index (κ2) is 6.41. The van der Waals surface area contributed by atoms with Gasteiger partial charge in [-0.2, -0.15) is 5.10 Å². The number of hydrogen-bond acceptors (Lipinski definition) is 3. The van der Waals surface area contributed by atoms with Crippen LogP contribution in [0.3, 0.4) is 0 Å². The molecule has 3 N–H and O–H groups in total. The van der Waals surface area contributed by atoms with E-state index in [1.54, 1.807) is 4.52 Å². The molecule has 2 aromatic heterocycles. The van der Waals surface area contributed by atoms with Crippen LogP contribution in [-0.4, -0.2) is 21.6 Å². The fraction of sp³-hybridized carbons (Fsp3) is 0.467. The summed E-state index contributed by atoms with van der Waals surface area (Å²) in [6.45, 7) is 4.33. The van der Waals surface area contributed by atoms with Crippen molar-refractivity contribution in [2.75, 3.05) is 5.32 Å². The predicted octanol–water partition coefficient (Wildman–Crippen LogP) is 2.81. The van der Waals surface area contributed by atoms with E-state index in [1.807, 2.05) is 18.3 Å². The third kappa shape index (κ3) is 2.92. The number of nitrogens with zero attached hydrogens (tertiary/aromatic N) is 2. The molecule has 5 nitrogen and oxygen atoms in total. The Morgan fingerprint density at radius 2 is 2.30 bits per heavy atom. The van der Waals surface area contributed by atoms with Gasteiger partial charge in [0.15, 0.2) is 0 Å². The number of unbranched alkanes of at least 4 members (excludes halogenated alkanes) is 1. The number of carbonyl (C=O) groups is 1. The van der Waals surface area contributed by atoms with Crippen molar-refractivity contribution in [2.45, 2.75) is 45.6 Å². The topological polar surface area (TPSA) is 72.4 Å². The standard InChI is InChI=1S/C15H22N4O/c1-3-5-7-11(4-2)18-14-12(15(16)20)10-17-19-9-6-8-13(14)19/h6,8-11,18H,3-5,7H2,1-2H3,(H2,16,20). The predicted molar refractivity (Wildman–Crippen MR) is 80.9 cm³/mol. The van der Waals surface area contributed by atoms with Gasteiger partial charge in [0.25, 0.3) is 5.91 Å². The third-order valence-electron chi connectivity index (χ3n) is 3.58. The molecular formula is C15H22N4O. The molecule has 108 valence electrons. The molecule has 0 spiro atoms. The average Bonchev–Trinajstić information content (AvgIpc) is 2.91. The number of nitrogens with two attached hydrogens (primary N) is 1. The molecule has 0 aliphatic heterocycles. The summed E-state index contributed by atoms with van der Waals surface area (Å²) >= 11 is 0. The van der Waals surface area contributed by atoms with E-state index >= 15 is 0 Å². The van der Waals surface area contributed by atoms with Gasteiger partial charge < -0.3 is 11.1 Å². The van der Waals surface area contributed by atoms with Gasteiger partial charge in [-0.05, 0) is 25.0 Å². The van der Waals surface area contributed by atoms with E-state index in [2.05, 4.69) is 24.3 Å². The molecule has 1 amide bonds. The van der Waals surface area contributed by atoms with E-state index in [1.165, 1.54) is 12.6 Å². The Morgan fingerprint density at radius 3 is 2.95 bits per heavy atom. The minimum atomic E-state index is -0.450. The summed E-state index contributed by atoms with van der Waals surface area (Å²) in [6.07, 6.45) is 7.81. The molecule has 2 aromatic rings. The number of carbonyl (C=O) groups excluding carboxylic acids is 1. The van der Waals surface area contributed by atoms with Crippen LogP contribution >= 0.6 is 0 Å². The Kier molecular flexibility index (Phi) is 4.61. The van der Waals surface area contributed by atoms with Crippen molar-refractivity contribution in [2.24, 2.45) is 5.73 Å². The highest BCUT2D eigenvalue weighted by atomic mass is 16.1. The first-order valence-corrected chi connectivity index (χ1v) is 7.20. The molecule has 0 aliphatic carbocycles. The van der Waals surface area contributed by atoms with Crippen LogP contribution in [0.25, 0.3) is 5.52 Å². The minimum Gasteiger partial charge on any atom is -0.380 e. The summed E-state index contributed by atoms with van der Waals surface area (Å²) in [6, 6.07) is 4.19. The third-order valence-corrected chi connectivity index (χ3v) is 3.58. The van der Waals surface area contributed by atoms with Crippen LogP contribution in [0.4, 0.5) is 5.69 Å². The van der Waals surface area contributed by atoms with Gasteiger partial charge in [0.05, 0.1) is 23.0 Å². The van der Waals surface area contributed by atoms with Crippen molar-refractivity contribution in [3.05, 3.63) is 30.1 Å². The summed E-state index contributed by atoms with van der Waals surface area (Å²) in [5, 5.41) is 7.68. The molecule has 2 rings (SSSR count). The summed E-state index contributed by atoms with van der Waals surface area (Å²) in [7, 11) is 0. The van der Waals surface area contributed by atoms with E-state index in [4.69, 9.17) is 5.73 Å². The zero-order valence-electron chi connectivity index (χ0n) is 12.1. The van der Waals surface area contributed by atoms with E-state index < -0.39 is 5.91 Å². The highest BCUT2D eigenvalue weighted by molar-refractivity contribution is 6.01. The van der Waals surface area contributed by atoms with Crippen molar-refractivity contribution in [3.8, 4) is 0 Å². The summed E-state index contributed by atoms with van der Waals surface area (Å²) < 4.78 is 1.75. The minimum absolute atomic E-state index is 0.342. The Labute approximate surface area is 119 Å². The highest BCUT2D eigenvalue weighted by Gasteiger charge is 2.16. The monoisotopic (exact) mass is 274 g/mol. The van der Waals surface area contributed by atoms with E-state index in [0.29, 0.717) is 11.6 Å². The zero-order chi connectivity index (χ0) is 14.5. The average molecular weight is 274 g/mol. The number of aromatic nitrogens is 2. The number of primary amides is 1. The van der Waals surface area contributed by atoms with Crippen molar-refractivity contribution in [3.63, 3.8) is 0 Å². The SMILES string of the molecule is CCCCC(CC)Nc1c(C(N)=O)cnn2cccc12. The largest absolute Gasteiger partial charge is 0.380 e. The molecule has 5 heteroatoms. The first kappa shape index (κ1) is 14.4. The van der Waals surface area contributed by atoms with Gasteiger partial charge in [0, 0.05) is 12.2 Å². The quantitative estimate of drug-likeness (QED) is 0.815. The lowest BCUT2D eigenvalue weighted by Gasteiger charge is -2.20. The molecule has 1 atom stereocenters. The van der Waals surface area contributed by atoms with Gasteiger partial charge in [0.1, 0.15) is 0 Å². The van der Waals surface area contributed by atoms with Crippen LogP contribution in [0.2, 0.25) is 0 Å². The molecule has 0 bridgehead atoms. The lowest BCUT2D eigenvalue weighted by Crippen LogP contribution is -2.23. The van der Waals surface area contributed by atoms with Gasteiger partial charge in [-0.15, -0.1) is 0 Å². The van der Waals surface area contributed by atoms with Gasteiger partial charge in [-0.1, -0.05) is 26.7 Å². The number of hydrogen-bond donors (Lipinski definition) is 2. The summed E-state index contributed by atoms with van der Waals surface area (Å²) in [4.78, 5) is 11.6. The Balaban J connectivity index is 2.36. The number of rotatable bonds is 7. The van der Waals surface area contributed by atoms with Crippen LogP contribution in [0.5, 0.6) is 0 Å². The molecule has 20 heavy (non-hydrogen) atoms. The number of fused-ring (bicyclic) bond motifs is 1. The van der Waals surface area contributed by atoms with E-state index in [-0.39, 0.29) is 0 Å². The molecule has 0 fully saturated rings. The van der Waals surface area contributed by atoms with Crippen LogP contribution in [0.15, 0.2) is 24.5 Å². The molecule has 0 radical (unpaired) electrons. The first-order valence-electron chi connectivity index (χ1n) is 7.20. The molecule has 0 aliphatic rings. The van der Waals surface area contributed by atoms with E-state index in [9.17, 15) is 4.79 Å². The van der Waals surface area contributed by atoms with Crippen molar-refractivity contribution in [1.82, 2.24) is 9.61 Å². The van der Waals surface area contributed by atoms with E-state index in [0.717, 1.165) is 30.5 Å². The lowest BCUT2D eigenvalue weighted by atomic mass is 10.1. The number of amides is 1. The van der Waals surface area contributed by atoms with Crippen LogP contribution in [-0.2, 0) is 0 Å². The molecule has 0 saturated heterocycles. The highest BCUT2D eigenvalue weighted by Crippen LogP contribution is 2.24. The maximum Gasteiger partial charge on any atom is 0.252 e. The number of nitrogens with one attached hydrogen (secondary N) is 1. The second-order valence-electron chi connectivity index (χ2n) is 5.03. The Hall–Kier alpha value is -2.04. The van der Waals surface area contributed by atoms with Crippen molar-refractivity contribution < 1.29 is 4.79 Å². The molecule has 2 heterocycles. The zero-order valence-corrected chi connectivity index (χ0v) is 12.1. The number of anilines is 1. The lowest BCUT2D eigenvalue weighted by molar-refractivity contribution is 0.100. The van der Waals surface area contributed by atoms with Crippen molar-refractivity contribution >= 4 is 17.1 Å². The molecular weight excluding hydrogens is 252 g/mol. The molecule has 0 aromatic carbocycles. The maximum absolute atomic E-state index is 11.6. The van der Waals surface area contributed by atoms with Gasteiger partial charge >= 0.3 is 0 Å². The smallest absolute Gasteiger partial charge is 0.252 e. The molecule has 1 unspecified atom stereocenters. The molecule has 0 saturated carbocycles. The second-order valence-corrected chi connectivity index (χ2v) is 5.03. The van der Waals surface area contributed by atoms with Gasteiger partial charge in [0.2, 0.25) is 0 Å². The maximum atomic E-state index is 11.6. The van der Waals surface area contributed by atoms with Crippen molar-refractivity contribution in [1.29, 1.82) is 0 Å². The van der Waals surface area contributed by atoms with Crippen LogP contribution < -0.4 is 11.1 Å². The first-order chi connectivity index (χ1) is 9.67. The van der Waals surface area contributed by atoms with Gasteiger partial charge in [-0.3, -0.25) is 4.79 Å². The fourth-order valence-corrected chi connectivity index (χ4v) is 2.36. The van der Waals surface area contributed by atoms with Crippen LogP contribution in [0, 0.1) is 0 Å². The Bertz CT molecular complexity index is 591.